The van der Waals surface area contributed by atoms with Gasteiger partial charge in [-0.1, -0.05) is 0 Å². The quantitative estimate of drug-likeness (QED) is 0.782. The predicted octanol–water partition coefficient (Wildman–Crippen LogP) is 2.60. The highest BCUT2D eigenvalue weighted by Gasteiger charge is 2.30. The van der Waals surface area contributed by atoms with Gasteiger partial charge in [-0.2, -0.15) is 0 Å². The number of halogens is 2. The largest absolute Gasteiger partial charge is 0.373 e. The first-order valence-electron chi connectivity index (χ1n) is 6.27. The molecule has 1 saturated heterocycles. The van der Waals surface area contributed by atoms with Crippen molar-refractivity contribution in [3.63, 3.8) is 0 Å². The second-order valence-corrected chi connectivity index (χ2v) is 5.18. The molecule has 0 bridgehead atoms. The average Bonchev–Trinajstić information content (AvgIpc) is 2.38. The van der Waals surface area contributed by atoms with Gasteiger partial charge in [0.1, 0.15) is 5.82 Å². The Bertz CT molecular complexity index is 481. The van der Waals surface area contributed by atoms with E-state index in [1.807, 2.05) is 6.92 Å². The van der Waals surface area contributed by atoms with Gasteiger partial charge in [0.2, 0.25) is 0 Å². The maximum absolute atomic E-state index is 13.1. The number of amides is 1. The number of hydrogen-bond donors (Lipinski definition) is 0. The highest BCUT2D eigenvalue weighted by molar-refractivity contribution is 6.18. The summed E-state index contributed by atoms with van der Waals surface area (Å²) in [6.07, 6.45) is -0.137. The molecule has 1 aliphatic rings. The second-order valence-electron chi connectivity index (χ2n) is 4.88. The van der Waals surface area contributed by atoms with E-state index in [2.05, 4.69) is 0 Å². The Morgan fingerprint density at radius 2 is 2.32 bits per heavy atom. The van der Waals surface area contributed by atoms with Crippen molar-refractivity contribution in [3.8, 4) is 0 Å². The van der Waals surface area contributed by atoms with Gasteiger partial charge in [-0.25, -0.2) is 4.39 Å². The van der Waals surface area contributed by atoms with Gasteiger partial charge in [0.05, 0.1) is 24.6 Å². The van der Waals surface area contributed by atoms with Gasteiger partial charge in [-0.15, -0.1) is 11.6 Å². The molecular formula is C14H17ClFNO2. The number of benzene rings is 1. The first-order chi connectivity index (χ1) is 9.02. The number of rotatable bonds is 2. The molecule has 1 heterocycles. The van der Waals surface area contributed by atoms with E-state index in [-0.39, 0.29) is 23.9 Å². The van der Waals surface area contributed by atoms with Gasteiger partial charge in [-0.3, -0.25) is 4.79 Å². The Kier molecular flexibility index (Phi) is 4.42. The van der Waals surface area contributed by atoms with E-state index < -0.39 is 0 Å². The van der Waals surface area contributed by atoms with Crippen LogP contribution in [0.2, 0.25) is 0 Å². The van der Waals surface area contributed by atoms with Gasteiger partial charge in [0.15, 0.2) is 0 Å². The van der Waals surface area contributed by atoms with Crippen molar-refractivity contribution < 1.29 is 13.9 Å². The zero-order valence-corrected chi connectivity index (χ0v) is 11.8. The summed E-state index contributed by atoms with van der Waals surface area (Å²) in [5.74, 6) is -0.0649. The van der Waals surface area contributed by atoms with Gasteiger partial charge >= 0.3 is 0 Å². The van der Waals surface area contributed by atoms with Crippen LogP contribution in [0.5, 0.6) is 0 Å². The molecule has 19 heavy (non-hydrogen) atoms. The lowest BCUT2D eigenvalue weighted by atomic mass is 10.1. The van der Waals surface area contributed by atoms with Crippen LogP contribution < -0.4 is 0 Å². The van der Waals surface area contributed by atoms with Crippen LogP contribution in [-0.4, -0.2) is 42.0 Å². The summed E-state index contributed by atoms with van der Waals surface area (Å²) in [6, 6.07) is 4.21. The molecule has 1 aliphatic heterocycles. The number of carbonyl (C=O) groups is 1. The number of alkyl halides is 1. The molecule has 5 heteroatoms. The predicted molar refractivity (Wildman–Crippen MR) is 72.1 cm³/mol. The van der Waals surface area contributed by atoms with Crippen molar-refractivity contribution in [1.29, 1.82) is 0 Å². The Balaban J connectivity index is 2.22. The Morgan fingerprint density at radius 3 is 2.95 bits per heavy atom. The van der Waals surface area contributed by atoms with Gasteiger partial charge in [-0.05, 0) is 37.6 Å². The molecule has 1 fully saturated rings. The summed E-state index contributed by atoms with van der Waals surface area (Å²) in [5.41, 5.74) is 1.18. The number of ether oxygens (including phenoxy) is 1. The maximum Gasteiger partial charge on any atom is 0.254 e. The minimum Gasteiger partial charge on any atom is -0.373 e. The van der Waals surface area contributed by atoms with Crippen LogP contribution in [0.25, 0.3) is 0 Å². The van der Waals surface area contributed by atoms with Gasteiger partial charge < -0.3 is 9.64 Å². The van der Waals surface area contributed by atoms with Crippen LogP contribution in [0, 0.1) is 12.7 Å². The SMILES string of the molecule is Cc1cc(F)ccc1C(=O)N1CC(CCl)OCC1C. The number of hydrogen-bond acceptors (Lipinski definition) is 2. The Labute approximate surface area is 117 Å². The summed E-state index contributed by atoms with van der Waals surface area (Å²) in [5, 5.41) is 0. The lowest BCUT2D eigenvalue weighted by molar-refractivity contribution is -0.0372. The molecule has 0 radical (unpaired) electrons. The summed E-state index contributed by atoms with van der Waals surface area (Å²) < 4.78 is 18.6. The molecule has 0 saturated carbocycles. The van der Waals surface area contributed by atoms with Crippen molar-refractivity contribution in [2.45, 2.75) is 26.0 Å². The van der Waals surface area contributed by atoms with E-state index in [0.717, 1.165) is 0 Å². The molecule has 0 aliphatic carbocycles. The van der Waals surface area contributed by atoms with E-state index in [1.165, 1.54) is 18.2 Å². The monoisotopic (exact) mass is 285 g/mol. The minimum absolute atomic E-state index is 0.00332. The van der Waals surface area contributed by atoms with Crippen LogP contribution in [0.4, 0.5) is 4.39 Å². The standard InChI is InChI=1S/C14H17ClFNO2/c1-9-5-11(16)3-4-13(9)14(18)17-7-12(6-15)19-8-10(17)2/h3-5,10,12H,6-8H2,1-2H3. The van der Waals surface area contributed by atoms with E-state index >= 15 is 0 Å². The highest BCUT2D eigenvalue weighted by Crippen LogP contribution is 2.19. The zero-order valence-electron chi connectivity index (χ0n) is 11.0. The van der Waals surface area contributed by atoms with Crippen molar-refractivity contribution in [2.75, 3.05) is 19.0 Å². The Morgan fingerprint density at radius 1 is 1.58 bits per heavy atom. The molecule has 2 unspecified atom stereocenters. The fourth-order valence-electron chi connectivity index (χ4n) is 2.22. The minimum atomic E-state index is -0.331. The molecule has 1 aromatic carbocycles. The third-order valence-corrected chi connectivity index (χ3v) is 3.70. The molecule has 1 aromatic rings. The molecule has 2 rings (SSSR count). The smallest absolute Gasteiger partial charge is 0.254 e. The van der Waals surface area contributed by atoms with Gasteiger partial charge in [0.25, 0.3) is 5.91 Å². The third kappa shape index (κ3) is 3.07. The average molecular weight is 286 g/mol. The fourth-order valence-corrected chi connectivity index (χ4v) is 2.40. The van der Waals surface area contributed by atoms with Crippen LogP contribution in [0.3, 0.4) is 0 Å². The lowest BCUT2D eigenvalue weighted by Crippen LogP contribution is -2.51. The number of aryl methyl sites for hydroxylation is 1. The van der Waals surface area contributed by atoms with E-state index in [9.17, 15) is 9.18 Å². The number of morpholine rings is 1. The number of carbonyl (C=O) groups excluding carboxylic acids is 1. The normalized spacial score (nSPS) is 23.5. The van der Waals surface area contributed by atoms with E-state index in [4.69, 9.17) is 16.3 Å². The molecule has 0 N–H and O–H groups in total. The van der Waals surface area contributed by atoms with Crippen LogP contribution in [0.15, 0.2) is 18.2 Å². The zero-order chi connectivity index (χ0) is 14.0. The molecule has 2 atom stereocenters. The van der Waals surface area contributed by atoms with Gasteiger partial charge in [0, 0.05) is 12.1 Å². The summed E-state index contributed by atoms with van der Waals surface area (Å²) in [6.45, 7) is 4.62. The highest BCUT2D eigenvalue weighted by atomic mass is 35.5. The molecule has 0 aromatic heterocycles. The first kappa shape index (κ1) is 14.3. The van der Waals surface area contributed by atoms with Crippen LogP contribution in [-0.2, 0) is 4.74 Å². The van der Waals surface area contributed by atoms with Crippen LogP contribution in [0.1, 0.15) is 22.8 Å². The third-order valence-electron chi connectivity index (χ3n) is 3.36. The summed E-state index contributed by atoms with van der Waals surface area (Å²) in [4.78, 5) is 14.3. The maximum atomic E-state index is 13.1. The number of nitrogens with zero attached hydrogens (tertiary/aromatic N) is 1. The van der Waals surface area contributed by atoms with Crippen molar-refractivity contribution in [1.82, 2.24) is 4.90 Å². The van der Waals surface area contributed by atoms with Crippen molar-refractivity contribution in [2.24, 2.45) is 0 Å². The van der Waals surface area contributed by atoms with E-state index in [1.54, 1.807) is 11.8 Å². The molecule has 0 spiro atoms. The van der Waals surface area contributed by atoms with Crippen molar-refractivity contribution >= 4 is 17.5 Å². The molecule has 3 nitrogen and oxygen atoms in total. The molecule has 1 amide bonds. The Hall–Kier alpha value is -1.13. The molecule has 104 valence electrons. The summed E-state index contributed by atoms with van der Waals surface area (Å²) >= 11 is 5.78. The van der Waals surface area contributed by atoms with E-state index in [0.29, 0.717) is 30.2 Å². The summed E-state index contributed by atoms with van der Waals surface area (Å²) in [7, 11) is 0. The topological polar surface area (TPSA) is 29.5 Å². The first-order valence-corrected chi connectivity index (χ1v) is 6.81. The fraction of sp³-hybridized carbons (Fsp3) is 0.500. The van der Waals surface area contributed by atoms with Crippen LogP contribution >= 0.6 is 11.6 Å². The molecular weight excluding hydrogens is 269 g/mol. The lowest BCUT2D eigenvalue weighted by Gasteiger charge is -2.37. The van der Waals surface area contributed by atoms with Crippen molar-refractivity contribution in [3.05, 3.63) is 35.1 Å². The second kappa shape index (κ2) is 5.88.